The molecule has 1 amide bonds. The van der Waals surface area contributed by atoms with E-state index in [1.165, 1.54) is 4.31 Å². The van der Waals surface area contributed by atoms with Gasteiger partial charge in [0.05, 0.1) is 15.1 Å². The lowest BCUT2D eigenvalue weighted by molar-refractivity contribution is -0.130. The molecule has 180 valence electrons. The summed E-state index contributed by atoms with van der Waals surface area (Å²) in [7, 11) is -3.66. The van der Waals surface area contributed by atoms with E-state index in [0.717, 1.165) is 43.0 Å². The number of likely N-dealkylation sites (tertiary alicyclic amines) is 1. The van der Waals surface area contributed by atoms with E-state index in [-0.39, 0.29) is 22.1 Å². The van der Waals surface area contributed by atoms with Gasteiger partial charge in [0, 0.05) is 57.9 Å². The van der Waals surface area contributed by atoms with Crippen LogP contribution in [0.5, 0.6) is 0 Å². The summed E-state index contributed by atoms with van der Waals surface area (Å²) in [5.41, 5.74) is 1.77. The molecule has 2 aliphatic rings. The Morgan fingerprint density at radius 2 is 1.62 bits per heavy atom. The number of hydrogen-bond donors (Lipinski definition) is 0. The monoisotopic (exact) mass is 500 g/mol. The molecule has 8 nitrogen and oxygen atoms in total. The lowest BCUT2D eigenvalue weighted by Crippen LogP contribution is -2.48. The lowest BCUT2D eigenvalue weighted by atomic mass is 10.2. The van der Waals surface area contributed by atoms with Crippen LogP contribution in [0, 0.1) is 0 Å². The topological polar surface area (TPSA) is 82.9 Å². The fraction of sp³-hybridized carbons (Fsp3) is 0.417. The molecule has 0 atom stereocenters. The average molecular weight is 501 g/mol. The molecule has 34 heavy (non-hydrogen) atoms. The first kappa shape index (κ1) is 23.1. The van der Waals surface area contributed by atoms with Crippen LogP contribution in [-0.4, -0.2) is 67.4 Å². The van der Waals surface area contributed by atoms with E-state index < -0.39 is 10.0 Å². The molecule has 2 fully saturated rings. The van der Waals surface area contributed by atoms with E-state index in [1.807, 2.05) is 35.2 Å². The first-order valence-electron chi connectivity index (χ1n) is 11.6. The molecule has 0 aliphatic carbocycles. The summed E-state index contributed by atoms with van der Waals surface area (Å²) in [4.78, 5) is 29.1. The van der Waals surface area contributed by atoms with Gasteiger partial charge in [0.15, 0.2) is 0 Å². The zero-order valence-electron chi connectivity index (χ0n) is 18.9. The molecule has 3 aromatic rings. The van der Waals surface area contributed by atoms with Gasteiger partial charge in [-0.3, -0.25) is 14.2 Å². The number of carbonyl (C=O) groups excluding carboxylic acids is 1. The van der Waals surface area contributed by atoms with Crippen LogP contribution in [0.15, 0.2) is 58.2 Å². The van der Waals surface area contributed by atoms with Crippen LogP contribution in [0.2, 0.25) is 0 Å². The van der Waals surface area contributed by atoms with Crippen LogP contribution < -0.4 is 9.77 Å². The van der Waals surface area contributed by atoms with E-state index in [9.17, 15) is 18.0 Å². The Morgan fingerprint density at radius 3 is 2.32 bits per heavy atom. The van der Waals surface area contributed by atoms with Crippen molar-refractivity contribution >= 4 is 43.2 Å². The lowest BCUT2D eigenvalue weighted by Gasteiger charge is -2.35. The Bertz CT molecular complexity index is 1340. The van der Waals surface area contributed by atoms with Crippen LogP contribution >= 0.6 is 11.3 Å². The molecule has 0 unspecified atom stereocenters. The molecular formula is C24H28N4O4S2. The Morgan fingerprint density at radius 1 is 0.912 bits per heavy atom. The normalized spacial score (nSPS) is 17.5. The molecule has 0 spiro atoms. The Labute approximate surface area is 203 Å². The van der Waals surface area contributed by atoms with Crippen LogP contribution in [0.1, 0.15) is 19.3 Å². The van der Waals surface area contributed by atoms with E-state index >= 15 is 0 Å². The predicted molar refractivity (Wildman–Crippen MR) is 134 cm³/mol. The summed E-state index contributed by atoms with van der Waals surface area (Å²) in [5, 5.41) is 0. The van der Waals surface area contributed by atoms with Crippen molar-refractivity contribution in [2.45, 2.75) is 30.7 Å². The predicted octanol–water partition coefficient (Wildman–Crippen LogP) is 2.59. The smallest absolute Gasteiger partial charge is 0.308 e. The number of aromatic nitrogens is 1. The molecule has 3 heterocycles. The molecule has 2 saturated heterocycles. The number of para-hydroxylation sites is 1. The molecule has 0 saturated carbocycles. The molecule has 2 aliphatic heterocycles. The number of benzene rings is 2. The average Bonchev–Trinajstić information content (AvgIpc) is 3.50. The van der Waals surface area contributed by atoms with Gasteiger partial charge in [-0.25, -0.2) is 8.42 Å². The molecule has 1 aromatic heterocycles. The third-order valence-electron chi connectivity index (χ3n) is 6.65. The largest absolute Gasteiger partial charge is 0.369 e. The van der Waals surface area contributed by atoms with Gasteiger partial charge in [0.25, 0.3) is 0 Å². The molecule has 0 radical (unpaired) electrons. The summed E-state index contributed by atoms with van der Waals surface area (Å²) in [6.45, 7) is 3.95. The third-order valence-corrected chi connectivity index (χ3v) is 9.48. The number of amides is 1. The maximum absolute atomic E-state index is 13.3. The van der Waals surface area contributed by atoms with Crippen LogP contribution in [0.4, 0.5) is 5.69 Å². The zero-order valence-corrected chi connectivity index (χ0v) is 20.6. The molecular weight excluding hydrogens is 472 g/mol. The highest BCUT2D eigenvalue weighted by atomic mass is 32.2. The van der Waals surface area contributed by atoms with E-state index in [2.05, 4.69) is 4.90 Å². The first-order valence-corrected chi connectivity index (χ1v) is 13.9. The van der Waals surface area contributed by atoms with Crippen molar-refractivity contribution < 1.29 is 13.2 Å². The Hall–Kier alpha value is -2.69. The maximum Gasteiger partial charge on any atom is 0.308 e. The number of carbonyl (C=O) groups is 1. The second-order valence-corrected chi connectivity index (χ2v) is 11.6. The fourth-order valence-electron chi connectivity index (χ4n) is 4.73. The summed E-state index contributed by atoms with van der Waals surface area (Å²) >= 11 is 1.03. The highest BCUT2D eigenvalue weighted by Crippen LogP contribution is 2.26. The van der Waals surface area contributed by atoms with Crippen molar-refractivity contribution in [3.63, 3.8) is 0 Å². The van der Waals surface area contributed by atoms with Gasteiger partial charge < -0.3 is 9.80 Å². The van der Waals surface area contributed by atoms with Crippen molar-refractivity contribution in [1.82, 2.24) is 13.8 Å². The Kier molecular flexibility index (Phi) is 6.46. The number of aryl methyl sites for hydroxylation is 1. The van der Waals surface area contributed by atoms with E-state index in [0.29, 0.717) is 42.9 Å². The number of fused-ring (bicyclic) bond motifs is 1. The number of anilines is 1. The summed E-state index contributed by atoms with van der Waals surface area (Å²) < 4.78 is 30.3. The highest BCUT2D eigenvalue weighted by Gasteiger charge is 2.29. The van der Waals surface area contributed by atoms with E-state index in [1.54, 1.807) is 22.8 Å². The van der Waals surface area contributed by atoms with Gasteiger partial charge >= 0.3 is 4.87 Å². The third kappa shape index (κ3) is 4.49. The van der Waals surface area contributed by atoms with Gasteiger partial charge in [-0.1, -0.05) is 29.5 Å². The minimum absolute atomic E-state index is 0.0672. The molecule has 0 bridgehead atoms. The number of nitrogens with zero attached hydrogens (tertiary/aromatic N) is 4. The number of rotatable bonds is 6. The fourth-order valence-corrected chi connectivity index (χ4v) is 7.21. The SMILES string of the molecule is O=C(CCn1c(=O)sc2cc(S(=O)(=O)N3CCN(c4ccccc4)CC3)ccc21)N1CCCC1. The highest BCUT2D eigenvalue weighted by molar-refractivity contribution is 7.89. The van der Waals surface area contributed by atoms with Crippen molar-refractivity contribution in [3.8, 4) is 0 Å². The molecule has 10 heteroatoms. The minimum atomic E-state index is -3.66. The number of piperazine rings is 1. The summed E-state index contributed by atoms with van der Waals surface area (Å²) in [5.74, 6) is 0.0672. The maximum atomic E-state index is 13.3. The van der Waals surface area contributed by atoms with Crippen LogP contribution in [-0.2, 0) is 21.4 Å². The van der Waals surface area contributed by atoms with Crippen molar-refractivity contribution in [1.29, 1.82) is 0 Å². The van der Waals surface area contributed by atoms with Gasteiger partial charge in [-0.05, 0) is 43.2 Å². The van der Waals surface area contributed by atoms with Gasteiger partial charge in [0.2, 0.25) is 15.9 Å². The zero-order chi connectivity index (χ0) is 23.7. The second-order valence-electron chi connectivity index (χ2n) is 8.71. The summed E-state index contributed by atoms with van der Waals surface area (Å²) in [6.07, 6.45) is 2.34. The van der Waals surface area contributed by atoms with Gasteiger partial charge in [-0.2, -0.15) is 4.31 Å². The number of hydrogen-bond acceptors (Lipinski definition) is 6. The number of sulfonamides is 1. The first-order chi connectivity index (χ1) is 16.4. The van der Waals surface area contributed by atoms with Gasteiger partial charge in [0.1, 0.15) is 0 Å². The quantitative estimate of drug-likeness (QED) is 0.520. The number of thiazole rings is 1. The van der Waals surface area contributed by atoms with Crippen molar-refractivity contribution in [3.05, 3.63) is 58.2 Å². The van der Waals surface area contributed by atoms with Crippen molar-refractivity contribution in [2.75, 3.05) is 44.2 Å². The summed E-state index contributed by atoms with van der Waals surface area (Å²) in [6, 6.07) is 14.9. The second kappa shape index (κ2) is 9.52. The molecule has 0 N–H and O–H groups in total. The molecule has 5 rings (SSSR count). The standard InChI is InChI=1S/C24H28N4O4S2/c29-23(26-11-4-5-12-26)10-13-28-21-9-8-20(18-22(21)33-24(28)30)34(31,32)27-16-14-25(15-17-27)19-6-2-1-3-7-19/h1-3,6-9,18H,4-5,10-17H2. The minimum Gasteiger partial charge on any atom is -0.369 e. The van der Waals surface area contributed by atoms with Crippen LogP contribution in [0.3, 0.4) is 0 Å². The Balaban J connectivity index is 1.30. The van der Waals surface area contributed by atoms with Crippen molar-refractivity contribution in [2.24, 2.45) is 0 Å². The van der Waals surface area contributed by atoms with Gasteiger partial charge in [-0.15, -0.1) is 0 Å². The molecule has 2 aromatic carbocycles. The van der Waals surface area contributed by atoms with E-state index in [4.69, 9.17) is 0 Å². The van der Waals surface area contributed by atoms with Crippen LogP contribution in [0.25, 0.3) is 10.2 Å².